The lowest BCUT2D eigenvalue weighted by Crippen LogP contribution is -2.71. The van der Waals surface area contributed by atoms with E-state index in [1.54, 1.807) is 0 Å². The summed E-state index contributed by atoms with van der Waals surface area (Å²) < 4.78 is 0. The highest BCUT2D eigenvalue weighted by molar-refractivity contribution is 8.00. The maximum absolute atomic E-state index is 12.6. The number of fused-ring (bicyclic) bond motifs is 1. The third-order valence-electron chi connectivity index (χ3n) is 4.85. The summed E-state index contributed by atoms with van der Waals surface area (Å²) in [6, 6.07) is -1.73. The number of thioether (sulfide) groups is 1. The van der Waals surface area contributed by atoms with Crippen molar-refractivity contribution in [3.63, 3.8) is 0 Å². The lowest BCUT2D eigenvalue weighted by Gasteiger charge is -2.49. The average molecular weight is 403 g/mol. The lowest BCUT2D eigenvalue weighted by molar-refractivity contribution is -0.151. The molecule has 2 aliphatic heterocycles. The fourth-order valence-corrected chi connectivity index (χ4v) is 4.74. The molecule has 3 atom stereocenters. The number of amides is 2. The molecule has 0 aromatic rings. The zero-order valence-electron chi connectivity index (χ0n) is 15.1. The number of aliphatic carboxylic acids is 1. The van der Waals surface area contributed by atoms with Gasteiger partial charge in [-0.2, -0.15) is 0 Å². The molecule has 1 aliphatic carbocycles. The van der Waals surface area contributed by atoms with Crippen LogP contribution >= 0.6 is 11.8 Å². The van der Waals surface area contributed by atoms with Gasteiger partial charge in [-0.1, -0.05) is 24.3 Å². The molecule has 2 amide bonds. The number of allylic oxidation sites excluding steroid dienone is 4. The van der Waals surface area contributed by atoms with Gasteiger partial charge in [-0.25, -0.2) is 4.79 Å². The van der Waals surface area contributed by atoms with Gasteiger partial charge in [-0.05, 0) is 18.4 Å². The number of nitrogens with one attached hydrogen (secondary N) is 1. The predicted molar refractivity (Wildman–Crippen MR) is 104 cm³/mol. The van der Waals surface area contributed by atoms with E-state index >= 15 is 0 Å². The number of rotatable bonds is 7. The Balaban J connectivity index is 1.74. The molecule has 3 rings (SSSR count). The molecule has 0 bridgehead atoms. The van der Waals surface area contributed by atoms with Crippen molar-refractivity contribution < 1.29 is 24.3 Å². The summed E-state index contributed by atoms with van der Waals surface area (Å²) in [6.07, 6.45) is 8.47. The van der Waals surface area contributed by atoms with Gasteiger partial charge in [0.2, 0.25) is 5.91 Å². The Bertz CT molecular complexity index is 845. The van der Waals surface area contributed by atoms with E-state index in [1.807, 2.05) is 18.2 Å². The van der Waals surface area contributed by atoms with Gasteiger partial charge in [0.1, 0.15) is 23.2 Å². The van der Waals surface area contributed by atoms with E-state index in [0.717, 1.165) is 10.5 Å². The molecule has 8 nitrogen and oxygen atoms in total. The number of carbonyl (C=O) groups excluding carboxylic acids is 3. The summed E-state index contributed by atoms with van der Waals surface area (Å²) in [4.78, 5) is 50.0. The number of hydrogen-bond donors (Lipinski definition) is 3. The number of hydrogen-bond acceptors (Lipinski definition) is 6. The first-order valence-electron chi connectivity index (χ1n) is 8.82. The van der Waals surface area contributed by atoms with Crippen LogP contribution in [0.15, 0.2) is 47.7 Å². The van der Waals surface area contributed by atoms with Crippen LogP contribution in [0.5, 0.6) is 0 Å². The number of Topliss-reactive ketones (excluding diaryl/α,β-unsaturated/α-hetero) is 1. The largest absolute Gasteiger partial charge is 0.477 e. The van der Waals surface area contributed by atoms with Crippen molar-refractivity contribution in [3.8, 4) is 0 Å². The van der Waals surface area contributed by atoms with E-state index in [4.69, 9.17) is 5.73 Å². The van der Waals surface area contributed by atoms with Crippen molar-refractivity contribution in [2.45, 2.75) is 36.7 Å². The Hall–Kier alpha value is -2.65. The zero-order chi connectivity index (χ0) is 20.4. The average Bonchev–Trinajstić information content (AvgIpc) is 2.70. The number of carboxylic acid groups (broad SMARTS) is 1. The Morgan fingerprint density at radius 2 is 2.18 bits per heavy atom. The van der Waals surface area contributed by atoms with Gasteiger partial charge in [-0.3, -0.25) is 19.3 Å². The molecule has 0 aromatic carbocycles. The van der Waals surface area contributed by atoms with Crippen LogP contribution in [0.3, 0.4) is 0 Å². The third-order valence-corrected chi connectivity index (χ3v) is 6.13. The van der Waals surface area contributed by atoms with Crippen LogP contribution in [-0.4, -0.2) is 56.8 Å². The van der Waals surface area contributed by atoms with Crippen molar-refractivity contribution in [2.24, 2.45) is 5.73 Å². The van der Waals surface area contributed by atoms with E-state index in [2.05, 4.69) is 11.9 Å². The van der Waals surface area contributed by atoms with Crippen molar-refractivity contribution in [1.29, 1.82) is 0 Å². The topological polar surface area (TPSA) is 130 Å². The van der Waals surface area contributed by atoms with Crippen LogP contribution in [0.2, 0.25) is 0 Å². The molecule has 0 aromatic heterocycles. The second-order valence-electron chi connectivity index (χ2n) is 6.61. The molecule has 148 valence electrons. The van der Waals surface area contributed by atoms with Gasteiger partial charge in [0.05, 0.1) is 0 Å². The molecule has 4 N–H and O–H groups in total. The van der Waals surface area contributed by atoms with Gasteiger partial charge < -0.3 is 16.2 Å². The number of ketones is 1. The SMILES string of the molecule is C=CCC(=O)C1=C(C(=O)O)N2C(=O)C(NC(=O)C(N)C3=CCC=CC3)[C@H]2SC1. The normalized spacial score (nSPS) is 24.7. The van der Waals surface area contributed by atoms with E-state index in [1.165, 1.54) is 17.8 Å². The van der Waals surface area contributed by atoms with Crippen molar-refractivity contribution >= 4 is 35.3 Å². The molecule has 0 saturated carbocycles. The van der Waals surface area contributed by atoms with E-state index in [-0.39, 0.29) is 29.2 Å². The summed E-state index contributed by atoms with van der Waals surface area (Å²) in [5.41, 5.74) is 6.56. The van der Waals surface area contributed by atoms with Gasteiger partial charge in [-0.15, -0.1) is 18.3 Å². The summed E-state index contributed by atoms with van der Waals surface area (Å²) in [5, 5.41) is 11.6. The lowest BCUT2D eigenvalue weighted by atomic mass is 9.96. The molecule has 1 fully saturated rings. The van der Waals surface area contributed by atoms with Gasteiger partial charge in [0.25, 0.3) is 5.91 Å². The summed E-state index contributed by atoms with van der Waals surface area (Å²) in [6.45, 7) is 3.48. The molecule has 2 heterocycles. The fourth-order valence-electron chi connectivity index (χ4n) is 3.37. The maximum Gasteiger partial charge on any atom is 0.353 e. The molecule has 3 aliphatic rings. The minimum absolute atomic E-state index is 0.00204. The molecule has 9 heteroatoms. The van der Waals surface area contributed by atoms with E-state index in [9.17, 15) is 24.3 Å². The quantitative estimate of drug-likeness (QED) is 0.416. The van der Waals surface area contributed by atoms with Crippen LogP contribution in [0.1, 0.15) is 19.3 Å². The molecule has 0 radical (unpaired) electrons. The van der Waals surface area contributed by atoms with Crippen LogP contribution < -0.4 is 11.1 Å². The highest BCUT2D eigenvalue weighted by atomic mass is 32.2. The van der Waals surface area contributed by atoms with Crippen LogP contribution in [0, 0.1) is 0 Å². The van der Waals surface area contributed by atoms with Gasteiger partial charge in [0, 0.05) is 17.7 Å². The third kappa shape index (κ3) is 3.55. The number of carboxylic acids is 1. The highest BCUT2D eigenvalue weighted by Gasteiger charge is 2.55. The first-order valence-corrected chi connectivity index (χ1v) is 9.86. The number of nitrogens with zero attached hydrogens (tertiary/aromatic N) is 1. The standard InChI is InChI=1S/C19H21N3O5S/c1-2-6-12(23)11-9-28-18-14(17(25)22(18)15(11)19(26)27)21-16(24)13(20)10-7-4-3-5-8-10/h2-4,8,13-14,18H,1,5-7,9,20H2,(H,21,24)(H,26,27)/t13?,14?,18-/m1/s1. The summed E-state index contributed by atoms with van der Waals surface area (Å²) >= 11 is 1.24. The van der Waals surface area contributed by atoms with Crippen molar-refractivity contribution in [3.05, 3.63) is 47.7 Å². The number of nitrogens with two attached hydrogens (primary N) is 1. The maximum atomic E-state index is 12.6. The monoisotopic (exact) mass is 403 g/mol. The number of carbonyl (C=O) groups is 4. The smallest absolute Gasteiger partial charge is 0.353 e. The predicted octanol–water partition coefficient (Wildman–Crippen LogP) is 0.474. The zero-order valence-corrected chi connectivity index (χ0v) is 15.9. The second-order valence-corrected chi connectivity index (χ2v) is 7.72. The van der Waals surface area contributed by atoms with Crippen LogP contribution in [0.4, 0.5) is 0 Å². The first kappa shape index (κ1) is 20.1. The summed E-state index contributed by atoms with van der Waals surface area (Å²) in [5.74, 6) is -2.60. The first-order chi connectivity index (χ1) is 13.4. The van der Waals surface area contributed by atoms with Gasteiger partial charge >= 0.3 is 5.97 Å². The van der Waals surface area contributed by atoms with E-state index < -0.39 is 35.2 Å². The van der Waals surface area contributed by atoms with Crippen LogP contribution in [-0.2, 0) is 19.2 Å². The molecule has 1 saturated heterocycles. The van der Waals surface area contributed by atoms with Crippen LogP contribution in [0.25, 0.3) is 0 Å². The summed E-state index contributed by atoms with van der Waals surface area (Å²) in [7, 11) is 0. The molecule has 0 spiro atoms. The Labute approximate surface area is 166 Å². The minimum Gasteiger partial charge on any atom is -0.477 e. The van der Waals surface area contributed by atoms with Gasteiger partial charge in [0.15, 0.2) is 5.78 Å². The van der Waals surface area contributed by atoms with Crippen molar-refractivity contribution in [1.82, 2.24) is 10.2 Å². The molecule has 2 unspecified atom stereocenters. The van der Waals surface area contributed by atoms with E-state index in [0.29, 0.717) is 12.8 Å². The second kappa shape index (κ2) is 8.15. The Morgan fingerprint density at radius 3 is 2.79 bits per heavy atom. The highest BCUT2D eigenvalue weighted by Crippen LogP contribution is 2.40. The molecule has 28 heavy (non-hydrogen) atoms. The Kier molecular flexibility index (Phi) is 5.85. The molecular formula is C19H21N3O5S. The van der Waals surface area contributed by atoms with Crippen molar-refractivity contribution in [2.75, 3.05) is 5.75 Å². The number of β-lactam (4-membered cyclic amide) rings is 1. The minimum atomic E-state index is -1.34. The fraction of sp³-hybridized carbons (Fsp3) is 0.368. The molecular weight excluding hydrogens is 382 g/mol. The Morgan fingerprint density at radius 1 is 1.43 bits per heavy atom.